The maximum Gasteiger partial charge on any atom is 0.410 e. The number of para-hydroxylation sites is 1. The second-order valence-electron chi connectivity index (χ2n) is 10.6. The number of amides is 1. The predicted molar refractivity (Wildman–Crippen MR) is 136 cm³/mol. The number of β-amino-alcohol motifs (C(OH)–C–C–N with tert-alkyl or cyclic N) is 1. The highest BCUT2D eigenvalue weighted by molar-refractivity contribution is 5.70. The van der Waals surface area contributed by atoms with E-state index in [1.54, 1.807) is 0 Å². The maximum absolute atomic E-state index is 13.2. The molecule has 1 saturated heterocycles. The molecule has 34 heavy (non-hydrogen) atoms. The van der Waals surface area contributed by atoms with Crippen molar-refractivity contribution >= 4 is 11.8 Å². The fourth-order valence-electron chi connectivity index (χ4n) is 4.95. The molecule has 1 saturated carbocycles. The van der Waals surface area contributed by atoms with Gasteiger partial charge < -0.3 is 25.0 Å². The van der Waals surface area contributed by atoms with E-state index >= 15 is 0 Å². The third kappa shape index (κ3) is 6.73. The van der Waals surface area contributed by atoms with Gasteiger partial charge in [0.15, 0.2) is 0 Å². The molecule has 3 atom stereocenters. The van der Waals surface area contributed by atoms with Gasteiger partial charge in [-0.2, -0.15) is 0 Å². The number of aliphatic hydroxyl groups is 1. The molecule has 0 spiro atoms. The maximum atomic E-state index is 13.2. The Hall–Kier alpha value is -2.57. The SMILES string of the molecule is CC(C)(C)OC(=O)N(C1CCN(CC(O)CNc2ccccc2)CC1)[C@@H]1C[C@H]1c1ccccc1. The fourth-order valence-corrected chi connectivity index (χ4v) is 4.95. The number of ether oxygens (including phenoxy) is 1. The number of nitrogens with zero attached hydrogens (tertiary/aromatic N) is 2. The first-order chi connectivity index (χ1) is 16.3. The first-order valence-corrected chi connectivity index (χ1v) is 12.6. The monoisotopic (exact) mass is 465 g/mol. The van der Waals surface area contributed by atoms with Crippen LogP contribution in [-0.4, -0.2) is 71.0 Å². The zero-order valence-electron chi connectivity index (χ0n) is 20.7. The zero-order valence-corrected chi connectivity index (χ0v) is 20.7. The zero-order chi connectivity index (χ0) is 24.1. The number of aliphatic hydroxyl groups excluding tert-OH is 1. The van der Waals surface area contributed by atoms with E-state index in [4.69, 9.17) is 4.74 Å². The average Bonchev–Trinajstić information content (AvgIpc) is 3.59. The van der Waals surface area contributed by atoms with Gasteiger partial charge in [-0.3, -0.25) is 0 Å². The van der Waals surface area contributed by atoms with Crippen LogP contribution in [0.15, 0.2) is 60.7 Å². The fraction of sp³-hybridized carbons (Fsp3) is 0.536. The molecular formula is C28H39N3O3. The van der Waals surface area contributed by atoms with Gasteiger partial charge in [0.2, 0.25) is 0 Å². The first-order valence-electron chi connectivity index (χ1n) is 12.6. The van der Waals surface area contributed by atoms with Gasteiger partial charge in [0.25, 0.3) is 0 Å². The van der Waals surface area contributed by atoms with Crippen LogP contribution in [-0.2, 0) is 4.74 Å². The standard InChI is InChI=1S/C28H39N3O3/c1-28(2,3)34-27(33)31(26-18-25(26)21-10-6-4-7-11-21)23-14-16-30(17-15-23)20-24(32)19-29-22-12-8-5-9-13-22/h4-13,23-26,29,32H,14-20H2,1-3H3/t24?,25-,26+/m0/s1. The summed E-state index contributed by atoms with van der Waals surface area (Å²) in [5.41, 5.74) is 1.81. The lowest BCUT2D eigenvalue weighted by Gasteiger charge is -2.40. The molecule has 6 nitrogen and oxygen atoms in total. The quantitative estimate of drug-likeness (QED) is 0.591. The van der Waals surface area contributed by atoms with E-state index in [2.05, 4.69) is 34.5 Å². The van der Waals surface area contributed by atoms with Gasteiger partial charge in [-0.1, -0.05) is 48.5 Å². The number of anilines is 1. The number of carbonyl (C=O) groups excluding carboxylic acids is 1. The number of hydrogen-bond donors (Lipinski definition) is 2. The number of likely N-dealkylation sites (tertiary alicyclic amines) is 1. The summed E-state index contributed by atoms with van der Waals surface area (Å²) in [6.45, 7) is 8.68. The van der Waals surface area contributed by atoms with E-state index < -0.39 is 11.7 Å². The normalized spacial score (nSPS) is 22.1. The Morgan fingerprint density at radius 2 is 1.71 bits per heavy atom. The van der Waals surface area contributed by atoms with Crippen LogP contribution in [0.3, 0.4) is 0 Å². The highest BCUT2D eigenvalue weighted by Gasteiger charge is 2.48. The summed E-state index contributed by atoms with van der Waals surface area (Å²) in [4.78, 5) is 17.6. The van der Waals surface area contributed by atoms with E-state index in [9.17, 15) is 9.90 Å². The predicted octanol–water partition coefficient (Wildman–Crippen LogP) is 4.72. The van der Waals surface area contributed by atoms with Crippen molar-refractivity contribution in [1.82, 2.24) is 9.80 Å². The molecule has 1 unspecified atom stereocenters. The smallest absolute Gasteiger partial charge is 0.410 e. The van der Waals surface area contributed by atoms with E-state index in [1.807, 2.05) is 62.1 Å². The van der Waals surface area contributed by atoms with Crippen molar-refractivity contribution in [3.8, 4) is 0 Å². The Balaban J connectivity index is 1.32. The summed E-state index contributed by atoms with van der Waals surface area (Å²) >= 11 is 0. The Kier molecular flexibility index (Phi) is 7.79. The molecule has 1 aliphatic heterocycles. The molecule has 2 aliphatic rings. The van der Waals surface area contributed by atoms with Gasteiger partial charge in [-0.25, -0.2) is 4.79 Å². The number of nitrogens with one attached hydrogen (secondary N) is 1. The van der Waals surface area contributed by atoms with Crippen LogP contribution in [0.25, 0.3) is 0 Å². The van der Waals surface area contributed by atoms with Crippen LogP contribution in [0.1, 0.15) is 51.5 Å². The molecule has 2 N–H and O–H groups in total. The second-order valence-corrected chi connectivity index (χ2v) is 10.6. The Bertz CT molecular complexity index is 907. The van der Waals surface area contributed by atoms with Gasteiger partial charge in [-0.05, 0) is 57.7 Å². The molecule has 0 radical (unpaired) electrons. The van der Waals surface area contributed by atoms with Crippen LogP contribution in [0.4, 0.5) is 10.5 Å². The van der Waals surface area contributed by atoms with Gasteiger partial charge in [-0.15, -0.1) is 0 Å². The van der Waals surface area contributed by atoms with E-state index in [0.29, 0.717) is 19.0 Å². The highest BCUT2D eigenvalue weighted by atomic mass is 16.6. The summed E-state index contributed by atoms with van der Waals surface area (Å²) < 4.78 is 5.83. The van der Waals surface area contributed by atoms with Gasteiger partial charge in [0.1, 0.15) is 5.60 Å². The molecule has 0 bridgehead atoms. The highest BCUT2D eigenvalue weighted by Crippen LogP contribution is 2.46. The van der Waals surface area contributed by atoms with Crippen molar-refractivity contribution in [1.29, 1.82) is 0 Å². The Morgan fingerprint density at radius 1 is 1.09 bits per heavy atom. The van der Waals surface area contributed by atoms with Crippen LogP contribution in [0, 0.1) is 0 Å². The van der Waals surface area contributed by atoms with Crippen LogP contribution in [0.2, 0.25) is 0 Å². The molecule has 0 aromatic heterocycles. The Labute approximate surface area is 203 Å². The molecule has 1 amide bonds. The summed E-state index contributed by atoms with van der Waals surface area (Å²) in [6, 6.07) is 20.8. The van der Waals surface area contributed by atoms with Crippen molar-refractivity contribution in [2.75, 3.05) is 31.5 Å². The Morgan fingerprint density at radius 3 is 2.32 bits per heavy atom. The summed E-state index contributed by atoms with van der Waals surface area (Å²) in [5.74, 6) is 0.387. The second kappa shape index (κ2) is 10.8. The molecular weight excluding hydrogens is 426 g/mol. The van der Waals surface area contributed by atoms with E-state index in [-0.39, 0.29) is 18.2 Å². The summed E-state index contributed by atoms with van der Waals surface area (Å²) in [7, 11) is 0. The number of hydrogen-bond acceptors (Lipinski definition) is 5. The minimum Gasteiger partial charge on any atom is -0.444 e. The van der Waals surface area contributed by atoms with Gasteiger partial charge in [0.05, 0.1) is 6.10 Å². The van der Waals surface area contributed by atoms with Gasteiger partial charge in [0, 0.05) is 49.9 Å². The molecule has 4 rings (SSSR count). The summed E-state index contributed by atoms with van der Waals surface area (Å²) in [6.07, 6.45) is 2.16. The first kappa shape index (κ1) is 24.6. The van der Waals surface area contributed by atoms with Crippen LogP contribution in [0.5, 0.6) is 0 Å². The molecule has 2 aromatic rings. The summed E-state index contributed by atoms with van der Waals surface area (Å²) in [5, 5.41) is 13.8. The van der Waals surface area contributed by atoms with Crippen LogP contribution >= 0.6 is 0 Å². The minimum absolute atomic E-state index is 0.171. The molecule has 2 fully saturated rings. The number of piperidine rings is 1. The van der Waals surface area contributed by atoms with E-state index in [0.717, 1.165) is 38.0 Å². The number of rotatable bonds is 8. The lowest BCUT2D eigenvalue weighted by molar-refractivity contribution is 0.00291. The number of carbonyl (C=O) groups is 1. The third-order valence-corrected chi connectivity index (χ3v) is 6.68. The molecule has 1 heterocycles. The van der Waals surface area contributed by atoms with Crippen molar-refractivity contribution in [3.05, 3.63) is 66.2 Å². The molecule has 6 heteroatoms. The average molecular weight is 466 g/mol. The van der Waals surface area contributed by atoms with Crippen LogP contribution < -0.4 is 5.32 Å². The van der Waals surface area contributed by atoms with Crippen molar-refractivity contribution in [3.63, 3.8) is 0 Å². The van der Waals surface area contributed by atoms with Crippen molar-refractivity contribution in [2.45, 2.75) is 69.7 Å². The van der Waals surface area contributed by atoms with Gasteiger partial charge >= 0.3 is 6.09 Å². The molecule has 2 aromatic carbocycles. The largest absolute Gasteiger partial charge is 0.444 e. The lowest BCUT2D eigenvalue weighted by Crippen LogP contribution is -2.51. The minimum atomic E-state index is -0.511. The lowest BCUT2D eigenvalue weighted by atomic mass is 10.0. The van der Waals surface area contributed by atoms with E-state index in [1.165, 1.54) is 5.56 Å². The number of benzene rings is 2. The molecule has 184 valence electrons. The van der Waals surface area contributed by atoms with Crippen molar-refractivity contribution in [2.24, 2.45) is 0 Å². The topological polar surface area (TPSA) is 65.0 Å². The van der Waals surface area contributed by atoms with Crippen molar-refractivity contribution < 1.29 is 14.6 Å². The molecule has 1 aliphatic carbocycles. The third-order valence-electron chi connectivity index (χ3n) is 6.68.